The van der Waals surface area contributed by atoms with E-state index in [2.05, 4.69) is 20.9 Å². The largest absolute Gasteiger partial charge is 0.320 e. The molecule has 0 spiro atoms. The summed E-state index contributed by atoms with van der Waals surface area (Å²) in [5.41, 5.74) is 1.65. The normalized spacial score (nSPS) is 14.3. The van der Waals surface area contributed by atoms with Crippen LogP contribution in [0.25, 0.3) is 11.1 Å². The van der Waals surface area contributed by atoms with Gasteiger partial charge >= 0.3 is 0 Å². The lowest BCUT2D eigenvalue weighted by atomic mass is 10.0. The molecule has 0 saturated carbocycles. The van der Waals surface area contributed by atoms with Crippen LogP contribution in [-0.2, 0) is 0 Å². The van der Waals surface area contributed by atoms with Gasteiger partial charge in [-0.2, -0.15) is 0 Å². The second-order valence-electron chi connectivity index (χ2n) is 6.72. The highest BCUT2D eigenvalue weighted by Gasteiger charge is 2.19. The van der Waals surface area contributed by atoms with Crippen molar-refractivity contribution in [3.8, 4) is 11.1 Å². The van der Waals surface area contributed by atoms with Gasteiger partial charge < -0.3 is 10.6 Å². The zero-order chi connectivity index (χ0) is 19.5. The highest BCUT2D eigenvalue weighted by molar-refractivity contribution is 6.04. The molecule has 1 aliphatic heterocycles. The number of halogens is 3. The number of amides is 1. The van der Waals surface area contributed by atoms with Gasteiger partial charge in [0.05, 0.1) is 12.2 Å². The van der Waals surface area contributed by atoms with E-state index in [0.29, 0.717) is 16.8 Å². The third-order valence-corrected chi connectivity index (χ3v) is 4.81. The number of piperidine rings is 1. The average molecular weight is 420 g/mol. The second kappa shape index (κ2) is 9.11. The van der Waals surface area contributed by atoms with Crippen LogP contribution in [-0.4, -0.2) is 34.0 Å². The van der Waals surface area contributed by atoms with Crippen LogP contribution >= 0.6 is 12.4 Å². The summed E-state index contributed by atoms with van der Waals surface area (Å²) in [6.45, 7) is 1.81. The maximum atomic E-state index is 13.8. The van der Waals surface area contributed by atoms with Crippen LogP contribution in [0.5, 0.6) is 0 Å². The predicted octanol–water partition coefficient (Wildman–Crippen LogP) is 3.82. The van der Waals surface area contributed by atoms with Crippen molar-refractivity contribution in [2.45, 2.75) is 18.9 Å². The van der Waals surface area contributed by atoms with Gasteiger partial charge in [-0.3, -0.25) is 4.79 Å². The first-order valence-corrected chi connectivity index (χ1v) is 9.09. The molecule has 1 saturated heterocycles. The standard InChI is InChI=1S/C20H19F2N5O.ClH/c21-14-3-1-13(2-4-14)17-11-15(22)5-6-18(17)24-20(28)19-12-27(26-25-19)16-7-9-23-10-8-16;/h1-6,11-12,16,23H,7-10H2,(H,24,28);1H. The number of rotatable bonds is 4. The summed E-state index contributed by atoms with van der Waals surface area (Å²) >= 11 is 0. The van der Waals surface area contributed by atoms with Gasteiger partial charge in [-0.05, 0) is 61.8 Å². The fraction of sp³-hybridized carbons (Fsp3) is 0.250. The fourth-order valence-corrected chi connectivity index (χ4v) is 3.31. The van der Waals surface area contributed by atoms with Gasteiger partial charge in [0.25, 0.3) is 5.91 Å². The van der Waals surface area contributed by atoms with E-state index >= 15 is 0 Å². The molecule has 1 aliphatic rings. The van der Waals surface area contributed by atoms with Gasteiger partial charge in [0.1, 0.15) is 11.6 Å². The van der Waals surface area contributed by atoms with Gasteiger partial charge in [0, 0.05) is 11.3 Å². The Labute approximate surface area is 172 Å². The maximum absolute atomic E-state index is 13.8. The molecule has 0 unspecified atom stereocenters. The number of carbonyl (C=O) groups is 1. The number of hydrogen-bond donors (Lipinski definition) is 2. The van der Waals surface area contributed by atoms with E-state index in [1.165, 1.54) is 42.5 Å². The van der Waals surface area contributed by atoms with Crippen molar-refractivity contribution in [1.29, 1.82) is 0 Å². The van der Waals surface area contributed by atoms with Crippen LogP contribution in [0.1, 0.15) is 29.4 Å². The van der Waals surface area contributed by atoms with Gasteiger partial charge in [-0.25, -0.2) is 13.5 Å². The number of nitrogens with one attached hydrogen (secondary N) is 2. The van der Waals surface area contributed by atoms with E-state index in [1.54, 1.807) is 10.9 Å². The van der Waals surface area contributed by atoms with Crippen LogP contribution in [0.15, 0.2) is 48.7 Å². The summed E-state index contributed by atoms with van der Waals surface area (Å²) in [5, 5.41) is 14.1. The number of carbonyl (C=O) groups excluding carboxylic acids is 1. The van der Waals surface area contributed by atoms with E-state index in [4.69, 9.17) is 0 Å². The lowest BCUT2D eigenvalue weighted by Gasteiger charge is -2.22. The molecule has 6 nitrogen and oxygen atoms in total. The Hall–Kier alpha value is -2.84. The summed E-state index contributed by atoms with van der Waals surface area (Å²) in [6, 6.07) is 9.90. The Morgan fingerprint density at radius 2 is 1.76 bits per heavy atom. The van der Waals surface area contributed by atoms with Crippen molar-refractivity contribution in [1.82, 2.24) is 20.3 Å². The molecule has 2 N–H and O–H groups in total. The molecule has 29 heavy (non-hydrogen) atoms. The van der Waals surface area contributed by atoms with E-state index in [-0.39, 0.29) is 30.0 Å². The van der Waals surface area contributed by atoms with Crippen LogP contribution in [0.2, 0.25) is 0 Å². The molecule has 1 aromatic heterocycles. The van der Waals surface area contributed by atoms with E-state index in [9.17, 15) is 13.6 Å². The molecule has 0 atom stereocenters. The van der Waals surface area contributed by atoms with Crippen molar-refractivity contribution < 1.29 is 13.6 Å². The van der Waals surface area contributed by atoms with Crippen LogP contribution < -0.4 is 10.6 Å². The predicted molar refractivity (Wildman–Crippen MR) is 108 cm³/mol. The molecule has 1 fully saturated rings. The first-order chi connectivity index (χ1) is 13.6. The minimum atomic E-state index is -0.450. The Morgan fingerprint density at radius 1 is 1.07 bits per heavy atom. The quantitative estimate of drug-likeness (QED) is 0.674. The monoisotopic (exact) mass is 419 g/mol. The van der Waals surface area contributed by atoms with E-state index < -0.39 is 11.7 Å². The Morgan fingerprint density at radius 3 is 2.48 bits per heavy atom. The molecule has 0 aliphatic carbocycles. The Bertz CT molecular complexity index is 987. The summed E-state index contributed by atoms with van der Waals surface area (Å²) in [7, 11) is 0. The molecule has 3 aromatic rings. The van der Waals surface area contributed by atoms with Crippen molar-refractivity contribution >= 4 is 24.0 Å². The van der Waals surface area contributed by atoms with Gasteiger partial charge in [-0.1, -0.05) is 17.3 Å². The molecule has 1 amide bonds. The fourth-order valence-electron chi connectivity index (χ4n) is 3.31. The Kier molecular flexibility index (Phi) is 6.56. The molecular weight excluding hydrogens is 400 g/mol. The molecule has 152 valence electrons. The van der Waals surface area contributed by atoms with Crippen molar-refractivity contribution in [3.63, 3.8) is 0 Å². The van der Waals surface area contributed by atoms with Crippen molar-refractivity contribution in [2.75, 3.05) is 18.4 Å². The number of anilines is 1. The highest BCUT2D eigenvalue weighted by Crippen LogP contribution is 2.29. The average Bonchev–Trinajstić information content (AvgIpc) is 3.21. The zero-order valence-electron chi connectivity index (χ0n) is 15.4. The summed E-state index contributed by atoms with van der Waals surface area (Å²) in [4.78, 5) is 12.6. The van der Waals surface area contributed by atoms with Crippen molar-refractivity contribution in [3.05, 3.63) is 66.0 Å². The first kappa shape index (κ1) is 20.9. The summed E-state index contributed by atoms with van der Waals surface area (Å²) in [6.07, 6.45) is 3.49. The summed E-state index contributed by atoms with van der Waals surface area (Å²) < 4.78 is 28.7. The molecule has 2 aromatic carbocycles. The topological polar surface area (TPSA) is 71.8 Å². The number of aromatic nitrogens is 3. The minimum Gasteiger partial charge on any atom is -0.320 e. The van der Waals surface area contributed by atoms with Crippen LogP contribution in [0.4, 0.5) is 14.5 Å². The molecule has 4 rings (SSSR count). The smallest absolute Gasteiger partial charge is 0.277 e. The van der Waals surface area contributed by atoms with Crippen molar-refractivity contribution in [2.24, 2.45) is 0 Å². The van der Waals surface area contributed by atoms with E-state index in [0.717, 1.165) is 25.9 Å². The van der Waals surface area contributed by atoms with E-state index in [1.807, 2.05) is 0 Å². The zero-order valence-corrected chi connectivity index (χ0v) is 16.3. The molecular formula is C20H20ClF2N5O. The number of benzene rings is 2. The number of hydrogen-bond acceptors (Lipinski definition) is 4. The third kappa shape index (κ3) is 4.78. The summed E-state index contributed by atoms with van der Waals surface area (Å²) in [5.74, 6) is -1.27. The molecule has 0 radical (unpaired) electrons. The van der Waals surface area contributed by atoms with Crippen LogP contribution in [0.3, 0.4) is 0 Å². The maximum Gasteiger partial charge on any atom is 0.277 e. The number of nitrogens with zero attached hydrogens (tertiary/aromatic N) is 3. The second-order valence-corrected chi connectivity index (χ2v) is 6.72. The molecule has 9 heteroatoms. The Balaban J connectivity index is 0.00000240. The first-order valence-electron chi connectivity index (χ1n) is 9.09. The highest BCUT2D eigenvalue weighted by atomic mass is 35.5. The lowest BCUT2D eigenvalue weighted by Crippen LogP contribution is -2.29. The lowest BCUT2D eigenvalue weighted by molar-refractivity contribution is 0.102. The molecule has 0 bridgehead atoms. The van der Waals surface area contributed by atoms with Crippen LogP contribution in [0, 0.1) is 11.6 Å². The minimum absolute atomic E-state index is 0. The van der Waals surface area contributed by atoms with Gasteiger partial charge in [0.2, 0.25) is 0 Å². The van der Waals surface area contributed by atoms with Gasteiger partial charge in [-0.15, -0.1) is 17.5 Å². The SMILES string of the molecule is Cl.O=C(Nc1ccc(F)cc1-c1ccc(F)cc1)c1cn(C2CCNCC2)nn1. The molecule has 2 heterocycles. The van der Waals surface area contributed by atoms with Gasteiger partial charge in [0.15, 0.2) is 5.69 Å². The third-order valence-electron chi connectivity index (χ3n) is 4.81.